The van der Waals surface area contributed by atoms with Crippen LogP contribution in [0.5, 0.6) is 5.88 Å². The molecule has 0 aliphatic heterocycles. The predicted octanol–water partition coefficient (Wildman–Crippen LogP) is 1.57. The van der Waals surface area contributed by atoms with E-state index in [1.807, 2.05) is 0 Å². The Hall–Kier alpha value is -1.36. The van der Waals surface area contributed by atoms with Crippen molar-refractivity contribution in [3.63, 3.8) is 0 Å². The van der Waals surface area contributed by atoms with Crippen molar-refractivity contribution in [3.8, 4) is 5.88 Å². The van der Waals surface area contributed by atoms with Gasteiger partial charge in [-0.2, -0.15) is 0 Å². The fourth-order valence-electron chi connectivity index (χ4n) is 1.12. The molecule has 1 heterocycles. The average molecular weight is 225 g/mol. The second-order valence-corrected chi connectivity index (χ2v) is 3.84. The largest absolute Gasteiger partial charge is 0.481 e. The van der Waals surface area contributed by atoms with Crippen LogP contribution < -0.4 is 10.1 Å². The SMILES string of the molecule is COc1cc(NCCOCC(C)C)ncn1. The number of hydrogen-bond donors (Lipinski definition) is 1. The standard InChI is InChI=1S/C11H19N3O2/c1-9(2)7-16-5-4-12-10-6-11(15-3)14-8-13-10/h6,8-9H,4-5,7H2,1-3H3,(H,12,13,14). The lowest BCUT2D eigenvalue weighted by Gasteiger charge is -2.08. The number of hydrogen-bond acceptors (Lipinski definition) is 5. The molecule has 16 heavy (non-hydrogen) atoms. The molecule has 90 valence electrons. The van der Waals surface area contributed by atoms with E-state index >= 15 is 0 Å². The summed E-state index contributed by atoms with van der Waals surface area (Å²) in [6, 6.07) is 1.75. The average Bonchev–Trinajstić information content (AvgIpc) is 2.28. The first kappa shape index (κ1) is 12.7. The smallest absolute Gasteiger partial charge is 0.218 e. The third-order valence-corrected chi connectivity index (χ3v) is 1.85. The molecule has 0 unspecified atom stereocenters. The molecule has 1 aromatic rings. The summed E-state index contributed by atoms with van der Waals surface area (Å²) >= 11 is 0. The van der Waals surface area contributed by atoms with Crippen molar-refractivity contribution in [1.29, 1.82) is 0 Å². The summed E-state index contributed by atoms with van der Waals surface area (Å²) in [4.78, 5) is 7.98. The van der Waals surface area contributed by atoms with Crippen LogP contribution in [0.25, 0.3) is 0 Å². The lowest BCUT2D eigenvalue weighted by molar-refractivity contribution is 0.118. The second kappa shape index (κ2) is 7.00. The number of methoxy groups -OCH3 is 1. The Morgan fingerprint density at radius 3 is 2.88 bits per heavy atom. The first-order valence-corrected chi connectivity index (χ1v) is 5.40. The van der Waals surface area contributed by atoms with Gasteiger partial charge in [-0.3, -0.25) is 0 Å². The monoisotopic (exact) mass is 225 g/mol. The van der Waals surface area contributed by atoms with Gasteiger partial charge < -0.3 is 14.8 Å². The molecule has 0 atom stereocenters. The highest BCUT2D eigenvalue weighted by molar-refractivity contribution is 5.36. The van der Waals surface area contributed by atoms with Crippen molar-refractivity contribution in [3.05, 3.63) is 12.4 Å². The summed E-state index contributed by atoms with van der Waals surface area (Å²) in [5.74, 6) is 1.87. The van der Waals surface area contributed by atoms with E-state index in [9.17, 15) is 0 Å². The summed E-state index contributed by atoms with van der Waals surface area (Å²) in [6.45, 7) is 6.44. The molecule has 1 aromatic heterocycles. The highest BCUT2D eigenvalue weighted by atomic mass is 16.5. The molecule has 1 rings (SSSR count). The summed E-state index contributed by atoms with van der Waals surface area (Å²) in [6.07, 6.45) is 1.47. The molecule has 1 N–H and O–H groups in total. The summed E-state index contributed by atoms with van der Waals surface area (Å²) in [5, 5.41) is 3.14. The van der Waals surface area contributed by atoms with Gasteiger partial charge in [0, 0.05) is 19.2 Å². The van der Waals surface area contributed by atoms with E-state index in [2.05, 4.69) is 29.1 Å². The van der Waals surface area contributed by atoms with Gasteiger partial charge in [0.1, 0.15) is 12.1 Å². The van der Waals surface area contributed by atoms with Crippen molar-refractivity contribution in [2.75, 3.05) is 32.2 Å². The zero-order valence-electron chi connectivity index (χ0n) is 10.1. The molecule has 0 amide bonds. The molecule has 5 nitrogen and oxygen atoms in total. The van der Waals surface area contributed by atoms with Crippen molar-refractivity contribution < 1.29 is 9.47 Å². The maximum atomic E-state index is 5.44. The third kappa shape index (κ3) is 4.93. The molecule has 5 heteroatoms. The van der Waals surface area contributed by atoms with Crippen molar-refractivity contribution in [2.24, 2.45) is 5.92 Å². The Morgan fingerprint density at radius 2 is 2.19 bits per heavy atom. The normalized spacial score (nSPS) is 10.5. The van der Waals surface area contributed by atoms with Crippen molar-refractivity contribution >= 4 is 5.82 Å². The van der Waals surface area contributed by atoms with Crippen molar-refractivity contribution in [1.82, 2.24) is 9.97 Å². The summed E-state index contributed by atoms with van der Waals surface area (Å²) in [5.41, 5.74) is 0. The topological polar surface area (TPSA) is 56.3 Å². The molecule has 0 fully saturated rings. The number of anilines is 1. The van der Waals surface area contributed by atoms with Gasteiger partial charge in [0.05, 0.1) is 13.7 Å². The second-order valence-electron chi connectivity index (χ2n) is 3.84. The predicted molar refractivity (Wildman–Crippen MR) is 62.7 cm³/mol. The molecule has 0 spiro atoms. The molecule has 0 saturated carbocycles. The quantitative estimate of drug-likeness (QED) is 0.714. The molecule has 0 aliphatic rings. The minimum atomic E-state index is 0.556. The van der Waals surface area contributed by atoms with Gasteiger partial charge in [0.15, 0.2) is 0 Å². The van der Waals surface area contributed by atoms with E-state index in [1.165, 1.54) is 6.33 Å². The molecule has 0 aromatic carbocycles. The molecular weight excluding hydrogens is 206 g/mol. The van der Waals surface area contributed by atoms with Crippen LogP contribution in [-0.2, 0) is 4.74 Å². The summed E-state index contributed by atoms with van der Waals surface area (Å²) in [7, 11) is 1.58. The van der Waals surface area contributed by atoms with E-state index < -0.39 is 0 Å². The van der Waals surface area contributed by atoms with E-state index in [-0.39, 0.29) is 0 Å². The minimum absolute atomic E-state index is 0.556. The molecule has 0 aliphatic carbocycles. The third-order valence-electron chi connectivity index (χ3n) is 1.85. The van der Waals surface area contributed by atoms with Crippen LogP contribution >= 0.6 is 0 Å². The van der Waals surface area contributed by atoms with E-state index in [4.69, 9.17) is 9.47 Å². The maximum Gasteiger partial charge on any atom is 0.218 e. The Balaban J connectivity index is 2.21. The molecule has 0 saturated heterocycles. The molecule has 0 bridgehead atoms. The van der Waals surface area contributed by atoms with Gasteiger partial charge in [0.2, 0.25) is 5.88 Å². The van der Waals surface area contributed by atoms with Gasteiger partial charge >= 0.3 is 0 Å². The molecular formula is C11H19N3O2. The van der Waals surface area contributed by atoms with Crippen LogP contribution in [0.1, 0.15) is 13.8 Å². The number of rotatable bonds is 7. The van der Waals surface area contributed by atoms with Crippen LogP contribution in [0.4, 0.5) is 5.82 Å². The Morgan fingerprint density at radius 1 is 1.38 bits per heavy atom. The lowest BCUT2D eigenvalue weighted by atomic mass is 10.2. The first-order valence-electron chi connectivity index (χ1n) is 5.40. The first-order chi connectivity index (χ1) is 7.72. The van der Waals surface area contributed by atoms with Gasteiger partial charge in [-0.05, 0) is 5.92 Å². The highest BCUT2D eigenvalue weighted by Gasteiger charge is 1.98. The van der Waals surface area contributed by atoms with Crippen LogP contribution in [0.2, 0.25) is 0 Å². The van der Waals surface area contributed by atoms with Crippen molar-refractivity contribution in [2.45, 2.75) is 13.8 Å². The summed E-state index contributed by atoms with van der Waals surface area (Å²) < 4.78 is 10.4. The fourth-order valence-corrected chi connectivity index (χ4v) is 1.12. The van der Waals surface area contributed by atoms with E-state index in [1.54, 1.807) is 13.2 Å². The fraction of sp³-hybridized carbons (Fsp3) is 0.636. The Labute approximate surface area is 96.2 Å². The number of nitrogens with zero attached hydrogens (tertiary/aromatic N) is 2. The molecule has 0 radical (unpaired) electrons. The van der Waals surface area contributed by atoms with Crippen LogP contribution in [0.3, 0.4) is 0 Å². The number of ether oxygens (including phenoxy) is 2. The van der Waals surface area contributed by atoms with Gasteiger partial charge in [-0.15, -0.1) is 0 Å². The van der Waals surface area contributed by atoms with Gasteiger partial charge in [-0.25, -0.2) is 9.97 Å². The highest BCUT2D eigenvalue weighted by Crippen LogP contribution is 2.09. The maximum absolute atomic E-state index is 5.44. The number of aromatic nitrogens is 2. The van der Waals surface area contributed by atoms with Crippen LogP contribution in [-0.4, -0.2) is 36.8 Å². The van der Waals surface area contributed by atoms with Crippen LogP contribution in [0, 0.1) is 5.92 Å². The van der Waals surface area contributed by atoms with E-state index in [0.29, 0.717) is 18.4 Å². The van der Waals surface area contributed by atoms with Crippen LogP contribution in [0.15, 0.2) is 12.4 Å². The van der Waals surface area contributed by atoms with Gasteiger partial charge in [-0.1, -0.05) is 13.8 Å². The Kier molecular flexibility index (Phi) is 5.56. The zero-order valence-corrected chi connectivity index (χ0v) is 10.1. The van der Waals surface area contributed by atoms with E-state index in [0.717, 1.165) is 19.0 Å². The number of nitrogens with one attached hydrogen (secondary N) is 1. The minimum Gasteiger partial charge on any atom is -0.481 e. The lowest BCUT2D eigenvalue weighted by Crippen LogP contribution is -2.12. The zero-order chi connectivity index (χ0) is 11.8. The van der Waals surface area contributed by atoms with Gasteiger partial charge in [0.25, 0.3) is 0 Å². The Bertz CT molecular complexity index is 305.